The Balaban J connectivity index is 0.000000221. The number of fused-ring (bicyclic) bond motifs is 3. The van der Waals surface area contributed by atoms with Crippen molar-refractivity contribution in [2.75, 3.05) is 88.9 Å². The zero-order valence-corrected chi connectivity index (χ0v) is 51.1. The number of hydrogen-bond donors (Lipinski definition) is 5. The van der Waals surface area contributed by atoms with Crippen LogP contribution in [0.1, 0.15) is 96.3 Å². The van der Waals surface area contributed by atoms with Crippen molar-refractivity contribution in [3.63, 3.8) is 0 Å². The van der Waals surface area contributed by atoms with Gasteiger partial charge >= 0.3 is 24.0 Å². The minimum Gasteiger partial charge on any atom is -0.496 e. The fourth-order valence-corrected chi connectivity index (χ4v) is 9.69. The number of nitrogens with zero attached hydrogens (tertiary/aromatic N) is 1. The summed E-state index contributed by atoms with van der Waals surface area (Å²) < 4.78 is 69.4. The summed E-state index contributed by atoms with van der Waals surface area (Å²) in [4.78, 5) is 72.4. The fraction of sp³-hybridized carbons (Fsp3) is 0.444. The second kappa shape index (κ2) is 37.4. The van der Waals surface area contributed by atoms with Gasteiger partial charge in [0, 0.05) is 81.4 Å². The zero-order chi connectivity index (χ0) is 64.8. The molecule has 27 nitrogen and oxygen atoms in total. The SMILES string of the molecule is COc1cc(OCC(=O)O)cc(OC)c1C=O.COc1cc(OCC(=O)O)cc(OC)c1CN(OC1CCCCO1)C(=O)OCC1c2ccccc2-c2ccccc21.COc1cc(OCC(=O)O)cc(OC)c1CNOC1CCCCO1.NOC1CCCCO1. The van der Waals surface area contributed by atoms with Crippen LogP contribution in [0.2, 0.25) is 0 Å². The Labute approximate surface area is 520 Å². The number of rotatable bonds is 27. The summed E-state index contributed by atoms with van der Waals surface area (Å²) in [7, 11) is 8.74. The molecule has 5 aromatic rings. The van der Waals surface area contributed by atoms with Crippen LogP contribution in [0.15, 0.2) is 84.9 Å². The molecule has 0 aromatic heterocycles. The van der Waals surface area contributed by atoms with Crippen molar-refractivity contribution in [3.05, 3.63) is 113 Å². The van der Waals surface area contributed by atoms with E-state index in [4.69, 9.17) is 92.5 Å². The van der Waals surface area contributed by atoms with Crippen molar-refractivity contribution in [2.24, 2.45) is 5.90 Å². The zero-order valence-electron chi connectivity index (χ0n) is 51.1. The van der Waals surface area contributed by atoms with E-state index < -0.39 is 50.1 Å². The Morgan fingerprint density at radius 3 is 1.33 bits per heavy atom. The van der Waals surface area contributed by atoms with Crippen molar-refractivity contribution < 1.29 is 115 Å². The number of carboxylic acids is 3. The third kappa shape index (κ3) is 21.3. The molecule has 27 heteroatoms. The molecule has 1 aliphatic carbocycles. The smallest absolute Gasteiger partial charge is 0.434 e. The van der Waals surface area contributed by atoms with Gasteiger partial charge in [0.2, 0.25) is 0 Å². The number of hydroxylamine groups is 3. The van der Waals surface area contributed by atoms with Crippen LogP contribution in [0, 0.1) is 0 Å². The predicted molar refractivity (Wildman–Crippen MR) is 319 cm³/mol. The van der Waals surface area contributed by atoms with E-state index in [9.17, 15) is 24.0 Å². The first kappa shape index (κ1) is 70.4. The Hall–Kier alpha value is -8.67. The number of methoxy groups -OCH3 is 6. The Kier molecular flexibility index (Phi) is 29.2. The quantitative estimate of drug-likeness (QED) is 0.0243. The highest BCUT2D eigenvalue weighted by molar-refractivity contribution is 5.84. The summed E-state index contributed by atoms with van der Waals surface area (Å²) in [6.45, 7) is 0.961. The molecule has 3 fully saturated rings. The van der Waals surface area contributed by atoms with Crippen molar-refractivity contribution in [3.8, 4) is 62.9 Å². The lowest BCUT2D eigenvalue weighted by molar-refractivity contribution is -0.276. The van der Waals surface area contributed by atoms with Crippen LogP contribution in [-0.4, -0.2) is 158 Å². The molecule has 3 saturated heterocycles. The van der Waals surface area contributed by atoms with E-state index in [2.05, 4.69) is 34.6 Å². The van der Waals surface area contributed by atoms with Gasteiger partial charge < -0.3 is 76.9 Å². The number of nitrogens with one attached hydrogen (secondary N) is 1. The fourth-order valence-electron chi connectivity index (χ4n) is 9.69. The van der Waals surface area contributed by atoms with Gasteiger partial charge in [-0.3, -0.25) is 14.5 Å². The van der Waals surface area contributed by atoms with E-state index in [0.717, 1.165) is 84.4 Å². The van der Waals surface area contributed by atoms with Crippen molar-refractivity contribution >= 4 is 30.3 Å². The topological polar surface area (TPSA) is 335 Å². The molecular weight excluding hydrogens is 1180 g/mol. The minimum absolute atomic E-state index is 0.0813. The summed E-state index contributed by atoms with van der Waals surface area (Å²) in [6, 6.07) is 25.4. The maximum Gasteiger partial charge on any atom is 0.434 e. The van der Waals surface area contributed by atoms with Crippen LogP contribution in [0.5, 0.6) is 51.7 Å². The van der Waals surface area contributed by atoms with Crippen LogP contribution in [0.25, 0.3) is 11.1 Å². The van der Waals surface area contributed by atoms with Crippen molar-refractivity contribution in [2.45, 2.75) is 95.7 Å². The van der Waals surface area contributed by atoms with Crippen LogP contribution < -0.4 is 54.0 Å². The second-order valence-corrected chi connectivity index (χ2v) is 19.9. The van der Waals surface area contributed by atoms with Crippen LogP contribution in [0.3, 0.4) is 0 Å². The maximum absolute atomic E-state index is 13.6. The lowest BCUT2D eigenvalue weighted by atomic mass is 9.98. The number of amides is 1. The highest BCUT2D eigenvalue weighted by Gasteiger charge is 2.32. The number of carboxylic acid groups (broad SMARTS) is 3. The third-order valence-electron chi connectivity index (χ3n) is 14.0. The summed E-state index contributed by atoms with van der Waals surface area (Å²) in [6.07, 6.45) is 7.60. The second-order valence-electron chi connectivity index (χ2n) is 19.9. The Morgan fingerprint density at radius 1 is 0.556 bits per heavy atom. The van der Waals surface area contributed by atoms with E-state index in [1.54, 1.807) is 12.1 Å². The van der Waals surface area contributed by atoms with E-state index in [1.807, 2.05) is 24.3 Å². The van der Waals surface area contributed by atoms with Crippen LogP contribution in [0.4, 0.5) is 4.79 Å². The first-order chi connectivity index (χ1) is 43.7. The van der Waals surface area contributed by atoms with E-state index in [-0.39, 0.29) is 60.2 Å². The first-order valence-corrected chi connectivity index (χ1v) is 28.8. The predicted octanol–water partition coefficient (Wildman–Crippen LogP) is 8.47. The summed E-state index contributed by atoms with van der Waals surface area (Å²) in [5, 5.41) is 27.3. The molecule has 9 rings (SSSR count). The number of aldehydes is 1. The van der Waals surface area contributed by atoms with Gasteiger partial charge in [-0.1, -0.05) is 48.5 Å². The molecule has 3 aliphatic heterocycles. The highest BCUT2D eigenvalue weighted by Crippen LogP contribution is 2.45. The molecule has 3 unspecified atom stereocenters. The number of benzene rings is 5. The van der Waals surface area contributed by atoms with E-state index in [1.165, 1.54) is 73.3 Å². The molecule has 4 aliphatic rings. The molecule has 5 aromatic carbocycles. The molecule has 0 spiro atoms. The Morgan fingerprint density at radius 2 is 0.956 bits per heavy atom. The molecule has 0 saturated carbocycles. The number of hydrogen-bond acceptors (Lipinski definition) is 23. The maximum atomic E-state index is 13.6. The van der Waals surface area contributed by atoms with Crippen molar-refractivity contribution in [1.82, 2.24) is 10.5 Å². The lowest BCUT2D eigenvalue weighted by Gasteiger charge is -2.30. The lowest BCUT2D eigenvalue weighted by Crippen LogP contribution is -2.38. The van der Waals surface area contributed by atoms with Gasteiger partial charge in [-0.25, -0.2) is 29.9 Å². The molecule has 0 bridgehead atoms. The first-order valence-electron chi connectivity index (χ1n) is 28.8. The molecule has 90 heavy (non-hydrogen) atoms. The van der Waals surface area contributed by atoms with Gasteiger partial charge in [0.25, 0.3) is 0 Å². The number of carbonyl (C=O) groups excluding carboxylic acids is 2. The van der Waals surface area contributed by atoms with Crippen LogP contribution in [-0.2, 0) is 60.9 Å². The molecular formula is C63H79N3O24. The van der Waals surface area contributed by atoms with Gasteiger partial charge in [-0.2, -0.15) is 10.5 Å². The minimum atomic E-state index is -1.12. The standard InChI is InChI=1S/C31H33NO9.C16H23NO7.C11H12O6.C5H11NO2/c1-36-27-15-20(39-19-29(33)34)16-28(37-2)25(27)17-32(41-30-13-7-8-14-38-30)31(35)40-18-26-23-11-5-3-9-21(23)22-10-4-6-12-24(22)26;1-20-13-7-11(23-10-15(18)19)8-14(21-2)12(13)9-17-24-16-5-3-4-6-22-16;1-15-9-3-7(17-6-11(13)14)4-10(16-2)8(9)5-12;6-8-5-3-1-2-4-7-5/h3-6,9-12,15-16,26,30H,7-8,13-14,17-19H2,1-2H3,(H,33,34);7-8,16-17H,3-6,9-10H2,1-2H3,(H,18,19);3-5H,6H2,1-2H3,(H,13,14);5H,1-4,6H2. The van der Waals surface area contributed by atoms with Crippen LogP contribution >= 0.6 is 0 Å². The monoisotopic (exact) mass is 1260 g/mol. The number of ether oxygens (including phenoxy) is 13. The molecule has 3 atom stereocenters. The molecule has 490 valence electrons. The largest absolute Gasteiger partial charge is 0.496 e. The van der Waals surface area contributed by atoms with Gasteiger partial charge in [-0.05, 0) is 60.8 Å². The molecule has 3 heterocycles. The average Bonchev–Trinajstić information content (AvgIpc) is 2.02. The van der Waals surface area contributed by atoms with Gasteiger partial charge in [0.15, 0.2) is 45.0 Å². The third-order valence-corrected chi connectivity index (χ3v) is 14.0. The summed E-state index contributed by atoms with van der Waals surface area (Å²) >= 11 is 0. The van der Waals surface area contributed by atoms with Crippen molar-refractivity contribution in [1.29, 1.82) is 0 Å². The Bertz CT molecular complexity index is 2970. The summed E-state index contributed by atoms with van der Waals surface area (Å²) in [5.74, 6) is 4.55. The molecule has 1 amide bonds. The number of nitrogens with two attached hydrogens (primary N) is 1. The van der Waals surface area contributed by atoms with E-state index in [0.29, 0.717) is 66.8 Å². The molecule has 0 radical (unpaired) electrons. The normalized spacial score (nSPS) is 16.4. The molecule has 6 N–H and O–H groups in total. The average molecular weight is 1260 g/mol. The number of aliphatic carboxylic acids is 3. The van der Waals surface area contributed by atoms with E-state index >= 15 is 0 Å². The summed E-state index contributed by atoms with van der Waals surface area (Å²) in [5.41, 5.74) is 8.81. The highest BCUT2D eigenvalue weighted by atomic mass is 16.8. The number of carbonyl (C=O) groups is 5. The van der Waals surface area contributed by atoms with Gasteiger partial charge in [0.1, 0.15) is 58.4 Å². The van der Waals surface area contributed by atoms with Gasteiger partial charge in [-0.15, -0.1) is 0 Å². The van der Waals surface area contributed by atoms with Gasteiger partial charge in [0.05, 0.1) is 72.4 Å².